The summed E-state index contributed by atoms with van der Waals surface area (Å²) < 4.78 is 8.16. The second-order valence-corrected chi connectivity index (χ2v) is 5.63. The molecule has 0 amide bonds. The summed E-state index contributed by atoms with van der Waals surface area (Å²) in [4.78, 5) is 0. The minimum Gasteiger partial charge on any atom is -0.490 e. The van der Waals surface area contributed by atoms with Gasteiger partial charge in [0.05, 0.1) is 11.6 Å². The van der Waals surface area contributed by atoms with E-state index in [-0.39, 0.29) is 6.10 Å². The Labute approximate surface area is 121 Å². The Morgan fingerprint density at radius 2 is 2.00 bits per heavy atom. The van der Waals surface area contributed by atoms with Crippen molar-refractivity contribution in [1.29, 1.82) is 0 Å². The minimum absolute atomic E-state index is 0.205. The number of aromatic nitrogens is 1. The first-order chi connectivity index (χ1) is 9.61. The molecule has 0 aliphatic rings. The molecule has 0 saturated carbocycles. The van der Waals surface area contributed by atoms with Gasteiger partial charge in [0.1, 0.15) is 5.75 Å². The number of fused-ring (bicyclic) bond motifs is 1. The van der Waals surface area contributed by atoms with Crippen molar-refractivity contribution in [3.05, 3.63) is 30.5 Å². The van der Waals surface area contributed by atoms with Crippen LogP contribution in [0.2, 0.25) is 0 Å². The average molecular weight is 274 g/mol. The van der Waals surface area contributed by atoms with Crippen LogP contribution in [0.5, 0.6) is 5.75 Å². The van der Waals surface area contributed by atoms with Gasteiger partial charge in [0, 0.05) is 30.7 Å². The third-order valence-electron chi connectivity index (χ3n) is 3.59. The molecule has 1 N–H and O–H groups in total. The molecule has 0 radical (unpaired) electrons. The van der Waals surface area contributed by atoms with Gasteiger partial charge in [0.15, 0.2) is 0 Å². The molecule has 1 aromatic carbocycles. The SMILES string of the molecule is CCC(C)NCCn1ccc2c(OC(C)C)cccc21. The molecule has 0 spiro atoms. The molecule has 0 saturated heterocycles. The van der Waals surface area contributed by atoms with Crippen LogP contribution >= 0.6 is 0 Å². The average Bonchev–Trinajstić information content (AvgIpc) is 2.82. The molecule has 1 aromatic heterocycles. The van der Waals surface area contributed by atoms with Crippen molar-refractivity contribution in [3.63, 3.8) is 0 Å². The van der Waals surface area contributed by atoms with Gasteiger partial charge in [0.25, 0.3) is 0 Å². The van der Waals surface area contributed by atoms with Crippen molar-refractivity contribution in [2.45, 2.75) is 52.8 Å². The van der Waals surface area contributed by atoms with Crippen molar-refractivity contribution < 1.29 is 4.74 Å². The number of nitrogens with zero attached hydrogens (tertiary/aromatic N) is 1. The number of nitrogens with one attached hydrogen (secondary N) is 1. The fourth-order valence-electron chi connectivity index (χ4n) is 2.32. The third-order valence-corrected chi connectivity index (χ3v) is 3.59. The monoisotopic (exact) mass is 274 g/mol. The van der Waals surface area contributed by atoms with E-state index in [1.54, 1.807) is 0 Å². The Morgan fingerprint density at radius 1 is 1.20 bits per heavy atom. The van der Waals surface area contributed by atoms with E-state index in [1.165, 1.54) is 17.3 Å². The predicted octanol–water partition coefficient (Wildman–Crippen LogP) is 3.82. The van der Waals surface area contributed by atoms with Crippen molar-refractivity contribution in [2.24, 2.45) is 0 Å². The van der Waals surface area contributed by atoms with Gasteiger partial charge in [-0.3, -0.25) is 0 Å². The van der Waals surface area contributed by atoms with E-state index in [0.717, 1.165) is 18.8 Å². The highest BCUT2D eigenvalue weighted by Gasteiger charge is 2.07. The van der Waals surface area contributed by atoms with Gasteiger partial charge >= 0.3 is 0 Å². The van der Waals surface area contributed by atoms with E-state index in [1.807, 2.05) is 6.07 Å². The zero-order chi connectivity index (χ0) is 14.5. The molecular formula is C17H26N2O. The normalized spacial score (nSPS) is 13.1. The predicted molar refractivity (Wildman–Crippen MR) is 85.5 cm³/mol. The Kier molecular flexibility index (Phi) is 5.07. The Bertz CT molecular complexity index is 545. The van der Waals surface area contributed by atoms with E-state index in [2.05, 4.69) is 62.0 Å². The molecule has 2 rings (SSSR count). The quantitative estimate of drug-likeness (QED) is 0.830. The first kappa shape index (κ1) is 14.9. The summed E-state index contributed by atoms with van der Waals surface area (Å²) in [5.74, 6) is 0.978. The van der Waals surface area contributed by atoms with Crippen molar-refractivity contribution in [3.8, 4) is 5.75 Å². The molecule has 0 bridgehead atoms. The lowest BCUT2D eigenvalue weighted by molar-refractivity contribution is 0.245. The van der Waals surface area contributed by atoms with Gasteiger partial charge in [-0.15, -0.1) is 0 Å². The molecular weight excluding hydrogens is 248 g/mol. The standard InChI is InChI=1S/C17H26N2O/c1-5-14(4)18-10-12-19-11-9-15-16(19)7-6-8-17(15)20-13(2)3/h6-9,11,13-14,18H,5,10,12H2,1-4H3. The Morgan fingerprint density at radius 3 is 2.70 bits per heavy atom. The molecule has 110 valence electrons. The lowest BCUT2D eigenvalue weighted by Crippen LogP contribution is -2.28. The number of benzene rings is 1. The van der Waals surface area contributed by atoms with Crippen LogP contribution in [-0.2, 0) is 6.54 Å². The summed E-state index contributed by atoms with van der Waals surface area (Å²) in [5.41, 5.74) is 1.24. The van der Waals surface area contributed by atoms with E-state index in [4.69, 9.17) is 4.74 Å². The molecule has 0 aliphatic carbocycles. The first-order valence-corrected chi connectivity index (χ1v) is 7.59. The van der Waals surface area contributed by atoms with Gasteiger partial charge in [-0.2, -0.15) is 0 Å². The maximum absolute atomic E-state index is 5.87. The summed E-state index contributed by atoms with van der Waals surface area (Å²) >= 11 is 0. The van der Waals surface area contributed by atoms with Gasteiger partial charge < -0.3 is 14.6 Å². The van der Waals surface area contributed by atoms with E-state index in [0.29, 0.717) is 6.04 Å². The van der Waals surface area contributed by atoms with Crippen LogP contribution in [0.1, 0.15) is 34.1 Å². The molecule has 20 heavy (non-hydrogen) atoms. The fraction of sp³-hybridized carbons (Fsp3) is 0.529. The summed E-state index contributed by atoms with van der Waals surface area (Å²) in [5, 5.41) is 4.73. The highest BCUT2D eigenvalue weighted by Crippen LogP contribution is 2.27. The van der Waals surface area contributed by atoms with Crippen LogP contribution in [-0.4, -0.2) is 23.3 Å². The third kappa shape index (κ3) is 3.54. The van der Waals surface area contributed by atoms with E-state index < -0.39 is 0 Å². The minimum atomic E-state index is 0.205. The summed E-state index contributed by atoms with van der Waals surface area (Å²) in [6.45, 7) is 10.5. The molecule has 1 atom stereocenters. The summed E-state index contributed by atoms with van der Waals surface area (Å²) in [7, 11) is 0. The topological polar surface area (TPSA) is 26.2 Å². The second kappa shape index (κ2) is 6.80. The lowest BCUT2D eigenvalue weighted by Gasteiger charge is -2.13. The molecule has 3 nitrogen and oxygen atoms in total. The van der Waals surface area contributed by atoms with E-state index >= 15 is 0 Å². The number of hydrogen-bond acceptors (Lipinski definition) is 2. The highest BCUT2D eigenvalue weighted by molar-refractivity contribution is 5.86. The molecule has 3 heteroatoms. The second-order valence-electron chi connectivity index (χ2n) is 5.63. The van der Waals surface area contributed by atoms with Crippen LogP contribution in [0.4, 0.5) is 0 Å². The van der Waals surface area contributed by atoms with Crippen LogP contribution < -0.4 is 10.1 Å². The zero-order valence-electron chi connectivity index (χ0n) is 13.0. The largest absolute Gasteiger partial charge is 0.490 e. The van der Waals surface area contributed by atoms with Crippen LogP contribution in [0, 0.1) is 0 Å². The van der Waals surface area contributed by atoms with E-state index in [9.17, 15) is 0 Å². The van der Waals surface area contributed by atoms with Crippen molar-refractivity contribution in [2.75, 3.05) is 6.54 Å². The zero-order valence-corrected chi connectivity index (χ0v) is 13.0. The first-order valence-electron chi connectivity index (χ1n) is 7.59. The lowest BCUT2D eigenvalue weighted by atomic mass is 10.2. The van der Waals surface area contributed by atoms with Gasteiger partial charge in [-0.05, 0) is 45.4 Å². The number of rotatable bonds is 7. The summed E-state index contributed by atoms with van der Waals surface area (Å²) in [6.07, 6.45) is 3.52. The van der Waals surface area contributed by atoms with Gasteiger partial charge in [-0.1, -0.05) is 13.0 Å². The van der Waals surface area contributed by atoms with Gasteiger partial charge in [-0.25, -0.2) is 0 Å². The number of ether oxygens (including phenoxy) is 1. The Hall–Kier alpha value is -1.48. The van der Waals surface area contributed by atoms with Crippen LogP contribution in [0.3, 0.4) is 0 Å². The van der Waals surface area contributed by atoms with Crippen LogP contribution in [0.15, 0.2) is 30.5 Å². The number of hydrogen-bond donors (Lipinski definition) is 1. The van der Waals surface area contributed by atoms with Gasteiger partial charge in [0.2, 0.25) is 0 Å². The van der Waals surface area contributed by atoms with Crippen molar-refractivity contribution in [1.82, 2.24) is 9.88 Å². The highest BCUT2D eigenvalue weighted by atomic mass is 16.5. The Balaban J connectivity index is 2.11. The molecule has 0 fully saturated rings. The molecule has 0 aliphatic heterocycles. The summed E-state index contributed by atoms with van der Waals surface area (Å²) in [6, 6.07) is 9.00. The smallest absolute Gasteiger partial charge is 0.129 e. The maximum Gasteiger partial charge on any atom is 0.129 e. The molecule has 1 heterocycles. The van der Waals surface area contributed by atoms with Crippen molar-refractivity contribution >= 4 is 10.9 Å². The molecule has 1 unspecified atom stereocenters. The molecule has 2 aromatic rings. The maximum atomic E-state index is 5.87. The van der Waals surface area contributed by atoms with Crippen LogP contribution in [0.25, 0.3) is 10.9 Å². The fourth-order valence-corrected chi connectivity index (χ4v) is 2.32.